The Balaban J connectivity index is 3.96. The molecule has 0 unspecified atom stereocenters. The van der Waals surface area contributed by atoms with Crippen LogP contribution in [0.2, 0.25) is 0 Å². The fourth-order valence-corrected chi connectivity index (χ4v) is 1.25. The fraction of sp³-hybridized carbons (Fsp3) is 0.421. The van der Waals surface area contributed by atoms with Gasteiger partial charge in [0.15, 0.2) is 0 Å². The van der Waals surface area contributed by atoms with Crippen LogP contribution in [0, 0.1) is 29.6 Å². The van der Waals surface area contributed by atoms with E-state index in [1.54, 1.807) is 24.3 Å². The number of aliphatic hydroxyl groups is 2. The van der Waals surface area contributed by atoms with E-state index < -0.39 is 6.10 Å². The Kier molecular flexibility index (Phi) is 13.2. The normalized spacial score (nSPS) is 13.4. The van der Waals surface area contributed by atoms with Crippen LogP contribution in [0.1, 0.15) is 26.7 Å². The molecule has 0 aliphatic carbocycles. The smallest absolute Gasteiger partial charge is 0.308 e. The van der Waals surface area contributed by atoms with Crippen molar-refractivity contribution in [3.8, 4) is 23.7 Å². The number of hydrogen-bond donors (Lipinski definition) is 2. The topological polar surface area (TPSA) is 66.8 Å². The zero-order valence-corrected chi connectivity index (χ0v) is 13.7. The van der Waals surface area contributed by atoms with Gasteiger partial charge in [-0.15, -0.1) is 0 Å². The quantitative estimate of drug-likeness (QED) is 0.408. The van der Waals surface area contributed by atoms with Gasteiger partial charge in [-0.2, -0.15) is 0 Å². The maximum Gasteiger partial charge on any atom is 0.308 e. The van der Waals surface area contributed by atoms with Crippen LogP contribution < -0.4 is 0 Å². The molecule has 0 aromatic carbocycles. The molecule has 0 rings (SSSR count). The number of allylic oxidation sites excluding steroid dienone is 4. The Labute approximate surface area is 138 Å². The lowest BCUT2D eigenvalue weighted by molar-refractivity contribution is -0.148. The minimum absolute atomic E-state index is 0.0358. The van der Waals surface area contributed by atoms with Gasteiger partial charge in [0.2, 0.25) is 0 Å². The number of carbonyl (C=O) groups is 1. The van der Waals surface area contributed by atoms with Crippen LogP contribution in [0.3, 0.4) is 0 Å². The van der Waals surface area contributed by atoms with Crippen LogP contribution in [0.15, 0.2) is 36.5 Å². The number of carbonyl (C=O) groups excluding carboxylic acids is 1. The Morgan fingerprint density at radius 3 is 2.57 bits per heavy atom. The third kappa shape index (κ3) is 13.1. The molecule has 0 saturated heterocycles. The highest BCUT2D eigenvalue weighted by Gasteiger charge is 2.11. The van der Waals surface area contributed by atoms with Crippen LogP contribution in [-0.4, -0.2) is 35.5 Å². The summed E-state index contributed by atoms with van der Waals surface area (Å²) in [4.78, 5) is 11.4. The van der Waals surface area contributed by atoms with Gasteiger partial charge in [0, 0.05) is 6.42 Å². The Bertz CT molecular complexity index is 535. The van der Waals surface area contributed by atoms with E-state index in [1.165, 1.54) is 12.2 Å². The van der Waals surface area contributed by atoms with Crippen LogP contribution in [0.4, 0.5) is 0 Å². The summed E-state index contributed by atoms with van der Waals surface area (Å²) in [5.41, 5.74) is 0. The number of rotatable bonds is 8. The zero-order chi connectivity index (χ0) is 17.3. The first-order valence-electron chi connectivity index (χ1n) is 7.56. The number of hydrogen-bond acceptors (Lipinski definition) is 4. The molecule has 0 radical (unpaired) electrons. The molecule has 4 nitrogen and oxygen atoms in total. The van der Waals surface area contributed by atoms with Crippen molar-refractivity contribution in [3.05, 3.63) is 36.5 Å². The van der Waals surface area contributed by atoms with Gasteiger partial charge >= 0.3 is 5.97 Å². The van der Waals surface area contributed by atoms with Crippen molar-refractivity contribution in [3.63, 3.8) is 0 Å². The van der Waals surface area contributed by atoms with Gasteiger partial charge in [0.1, 0.15) is 0 Å². The summed E-state index contributed by atoms with van der Waals surface area (Å²) >= 11 is 0. The second-order valence-corrected chi connectivity index (χ2v) is 4.70. The Morgan fingerprint density at radius 2 is 1.91 bits per heavy atom. The monoisotopic (exact) mass is 316 g/mol. The second kappa shape index (κ2) is 14.7. The molecule has 0 aromatic rings. The molecule has 4 heteroatoms. The highest BCUT2D eigenvalue weighted by molar-refractivity contribution is 5.71. The van der Waals surface area contributed by atoms with Gasteiger partial charge in [-0.05, 0) is 30.4 Å². The molecule has 0 spiro atoms. The van der Waals surface area contributed by atoms with E-state index >= 15 is 0 Å². The average molecular weight is 316 g/mol. The van der Waals surface area contributed by atoms with Crippen LogP contribution >= 0.6 is 0 Å². The minimum Gasteiger partial charge on any atom is -0.465 e. The summed E-state index contributed by atoms with van der Waals surface area (Å²) in [6.45, 7) is 3.91. The van der Waals surface area contributed by atoms with Gasteiger partial charge in [-0.3, -0.25) is 4.79 Å². The standard InChI is InChI=1S/C19H24O4/c1-3-17(2)19(22)23-16-14-18(21)13-11-9-7-5-4-6-8-10-12-15-20/h7,9-13,17-18,20-21H,3,14-16H2,1-2H3/b9-7+,12-10+,13-11+/t17-,18-/m0/s1. The molecular formula is C19H24O4. The van der Waals surface area contributed by atoms with Crippen LogP contribution in [0.25, 0.3) is 0 Å². The van der Waals surface area contributed by atoms with Crippen molar-refractivity contribution in [1.82, 2.24) is 0 Å². The molecule has 2 atom stereocenters. The maximum atomic E-state index is 11.4. The number of esters is 1. The Morgan fingerprint density at radius 1 is 1.22 bits per heavy atom. The van der Waals surface area contributed by atoms with E-state index in [1.807, 2.05) is 13.8 Å². The molecule has 124 valence electrons. The average Bonchev–Trinajstić information content (AvgIpc) is 2.55. The van der Waals surface area contributed by atoms with Gasteiger partial charge < -0.3 is 14.9 Å². The molecule has 0 bridgehead atoms. The predicted molar refractivity (Wildman–Crippen MR) is 91.1 cm³/mol. The lowest BCUT2D eigenvalue weighted by Crippen LogP contribution is -2.17. The number of ether oxygens (including phenoxy) is 1. The fourth-order valence-electron chi connectivity index (χ4n) is 1.25. The lowest BCUT2D eigenvalue weighted by Gasteiger charge is -2.10. The third-order valence-corrected chi connectivity index (χ3v) is 2.81. The molecule has 0 heterocycles. The van der Waals surface area contributed by atoms with Crippen molar-refractivity contribution < 1.29 is 19.7 Å². The maximum absolute atomic E-state index is 11.4. The van der Waals surface area contributed by atoms with Gasteiger partial charge in [-0.1, -0.05) is 50.0 Å². The molecule has 0 aliphatic heterocycles. The second-order valence-electron chi connectivity index (χ2n) is 4.70. The van der Waals surface area contributed by atoms with E-state index in [-0.39, 0.29) is 25.1 Å². The SMILES string of the molecule is CC[C@H](C)C(=O)OCC[C@@H](O)/C=C/C=C/C#CC#C/C=C/CO. The summed E-state index contributed by atoms with van der Waals surface area (Å²) in [7, 11) is 0. The Hall–Kier alpha value is -2.27. The molecular weight excluding hydrogens is 292 g/mol. The van der Waals surface area contributed by atoms with E-state index in [2.05, 4.69) is 23.7 Å². The first-order valence-corrected chi connectivity index (χ1v) is 7.56. The molecule has 0 saturated carbocycles. The molecule has 0 aromatic heterocycles. The highest BCUT2D eigenvalue weighted by Crippen LogP contribution is 2.04. The largest absolute Gasteiger partial charge is 0.465 e. The van der Waals surface area contributed by atoms with Crippen LogP contribution in [0.5, 0.6) is 0 Å². The third-order valence-electron chi connectivity index (χ3n) is 2.81. The van der Waals surface area contributed by atoms with E-state index in [0.717, 1.165) is 6.42 Å². The first kappa shape index (κ1) is 20.7. The summed E-state index contributed by atoms with van der Waals surface area (Å²) in [6, 6.07) is 0. The van der Waals surface area contributed by atoms with Crippen molar-refractivity contribution in [2.75, 3.05) is 13.2 Å². The molecule has 0 fully saturated rings. The van der Waals surface area contributed by atoms with Crippen molar-refractivity contribution >= 4 is 5.97 Å². The van der Waals surface area contributed by atoms with Crippen molar-refractivity contribution in [2.24, 2.45) is 5.92 Å². The first-order chi connectivity index (χ1) is 11.1. The van der Waals surface area contributed by atoms with Crippen LogP contribution in [-0.2, 0) is 9.53 Å². The highest BCUT2D eigenvalue weighted by atomic mass is 16.5. The van der Waals surface area contributed by atoms with E-state index in [4.69, 9.17) is 9.84 Å². The summed E-state index contributed by atoms with van der Waals surface area (Å²) in [5, 5.41) is 18.2. The minimum atomic E-state index is -0.666. The van der Waals surface area contributed by atoms with E-state index in [9.17, 15) is 9.90 Å². The van der Waals surface area contributed by atoms with Crippen molar-refractivity contribution in [1.29, 1.82) is 0 Å². The predicted octanol–water partition coefficient (Wildman–Crippen LogP) is 1.99. The molecule has 0 amide bonds. The van der Waals surface area contributed by atoms with Gasteiger partial charge in [0.25, 0.3) is 0 Å². The number of aliphatic hydroxyl groups excluding tert-OH is 2. The van der Waals surface area contributed by atoms with Gasteiger partial charge in [0.05, 0.1) is 25.2 Å². The van der Waals surface area contributed by atoms with E-state index in [0.29, 0.717) is 6.42 Å². The summed E-state index contributed by atoms with van der Waals surface area (Å²) in [5.74, 6) is 10.2. The van der Waals surface area contributed by atoms with Gasteiger partial charge in [-0.25, -0.2) is 0 Å². The van der Waals surface area contributed by atoms with Crippen molar-refractivity contribution in [2.45, 2.75) is 32.8 Å². The molecule has 0 aliphatic rings. The lowest BCUT2D eigenvalue weighted by atomic mass is 10.1. The molecule has 23 heavy (non-hydrogen) atoms. The summed E-state index contributed by atoms with van der Waals surface area (Å²) in [6.07, 6.45) is 10.1. The summed E-state index contributed by atoms with van der Waals surface area (Å²) < 4.78 is 5.06. The zero-order valence-electron chi connectivity index (χ0n) is 13.7. The molecule has 2 N–H and O–H groups in total.